The Bertz CT molecular complexity index is 2270. The minimum absolute atomic E-state index is 0.218. The number of rotatable bonds is 6. The molecule has 0 bridgehead atoms. The number of nitrogens with zero attached hydrogens (tertiary/aromatic N) is 3. The molecule has 0 fully saturated rings. The van der Waals surface area contributed by atoms with Gasteiger partial charge in [0.25, 0.3) is 6.33 Å². The fraction of sp³-hybridized carbons (Fsp3) is 0. The van der Waals surface area contributed by atoms with E-state index >= 15 is 0 Å². The molecule has 218 valence electrons. The van der Waals surface area contributed by atoms with Gasteiger partial charge in [0.2, 0.25) is 0 Å². The van der Waals surface area contributed by atoms with Gasteiger partial charge in [0.1, 0.15) is 17.1 Å². The van der Waals surface area contributed by atoms with Crippen LogP contribution in [0.4, 0.5) is 0 Å². The van der Waals surface area contributed by atoms with Gasteiger partial charge >= 0.3 is 0 Å². The molecule has 8 rings (SSSR count). The predicted molar refractivity (Wildman–Crippen MR) is 186 cm³/mol. The molecule has 0 atom stereocenters. The minimum atomic E-state index is 0.218. The van der Waals surface area contributed by atoms with E-state index < -0.39 is 0 Å². The summed E-state index contributed by atoms with van der Waals surface area (Å²) < 4.78 is 4.58. The van der Waals surface area contributed by atoms with Crippen molar-refractivity contribution in [3.63, 3.8) is 0 Å². The van der Waals surface area contributed by atoms with Crippen LogP contribution in [0.1, 0.15) is 0 Å². The Morgan fingerprint density at radius 3 is 1.78 bits per heavy atom. The Balaban J connectivity index is 1.31. The molecule has 8 aromatic rings. The van der Waals surface area contributed by atoms with Crippen LogP contribution in [0.3, 0.4) is 0 Å². The van der Waals surface area contributed by atoms with Crippen molar-refractivity contribution in [3.8, 4) is 61.9 Å². The molecule has 2 aromatic heterocycles. The Labute approximate surface area is 267 Å². The molecule has 0 unspecified atom stereocenters. The normalized spacial score (nSPS) is 11.1. The fourth-order valence-electron chi connectivity index (χ4n) is 6.25. The van der Waals surface area contributed by atoms with Gasteiger partial charge in [-0.3, -0.25) is 0 Å². The van der Waals surface area contributed by atoms with Gasteiger partial charge in [-0.2, -0.15) is 9.13 Å². The first-order chi connectivity index (χ1) is 22.7. The first-order valence-corrected chi connectivity index (χ1v) is 15.4. The van der Waals surface area contributed by atoms with Crippen molar-refractivity contribution in [1.29, 1.82) is 0 Å². The Morgan fingerprint density at radius 2 is 1.04 bits per heavy atom. The Kier molecular flexibility index (Phi) is 6.93. The number of benzene rings is 6. The number of aromatic nitrogens is 3. The molecule has 1 N–H and O–H groups in total. The molecule has 6 aromatic carbocycles. The van der Waals surface area contributed by atoms with E-state index in [0.717, 1.165) is 61.6 Å². The number of phenols is 1. The maximum absolute atomic E-state index is 10.5. The third-order valence-electron chi connectivity index (χ3n) is 8.43. The van der Waals surface area contributed by atoms with Crippen molar-refractivity contribution in [3.05, 3.63) is 176 Å². The molecule has 0 radical (unpaired) electrons. The fourth-order valence-corrected chi connectivity index (χ4v) is 6.25. The first kappa shape index (κ1) is 27.3. The second-order valence-electron chi connectivity index (χ2n) is 11.3. The van der Waals surface area contributed by atoms with Crippen LogP contribution in [-0.4, -0.2) is 14.7 Å². The van der Waals surface area contributed by atoms with Gasteiger partial charge in [-0.25, -0.2) is 4.98 Å². The number of pyridine rings is 1. The summed E-state index contributed by atoms with van der Waals surface area (Å²) in [6.07, 6.45) is 2.20. The molecule has 0 amide bonds. The van der Waals surface area contributed by atoms with Crippen LogP contribution < -0.4 is 4.57 Å². The van der Waals surface area contributed by atoms with Crippen molar-refractivity contribution in [2.75, 3.05) is 0 Å². The summed E-state index contributed by atoms with van der Waals surface area (Å²) in [5, 5.41) is 10.5. The van der Waals surface area contributed by atoms with E-state index in [4.69, 9.17) is 4.98 Å². The zero-order valence-electron chi connectivity index (χ0n) is 25.0. The van der Waals surface area contributed by atoms with E-state index in [9.17, 15) is 5.11 Å². The molecule has 0 saturated carbocycles. The number of aromatic hydroxyl groups is 1. The average molecular weight is 593 g/mol. The first-order valence-electron chi connectivity index (χ1n) is 15.4. The number of para-hydroxylation sites is 4. The van der Waals surface area contributed by atoms with Crippen LogP contribution in [0.2, 0.25) is 0 Å². The van der Waals surface area contributed by atoms with Gasteiger partial charge < -0.3 is 5.11 Å². The van der Waals surface area contributed by atoms with Gasteiger partial charge in [0.15, 0.2) is 11.0 Å². The highest BCUT2D eigenvalue weighted by Gasteiger charge is 2.24. The van der Waals surface area contributed by atoms with Crippen molar-refractivity contribution in [1.82, 2.24) is 9.55 Å². The highest BCUT2D eigenvalue weighted by atomic mass is 16.3. The number of fused-ring (bicyclic) bond motifs is 1. The van der Waals surface area contributed by atoms with E-state index in [0.29, 0.717) is 5.56 Å². The largest absolute Gasteiger partial charge is 0.507 e. The summed E-state index contributed by atoms with van der Waals surface area (Å²) in [7, 11) is 0. The molecule has 4 heteroatoms. The van der Waals surface area contributed by atoms with Gasteiger partial charge in [-0.15, -0.1) is 0 Å². The van der Waals surface area contributed by atoms with Crippen LogP contribution in [0.15, 0.2) is 176 Å². The molecule has 0 aliphatic heterocycles. The zero-order valence-corrected chi connectivity index (χ0v) is 25.0. The SMILES string of the molecule is Oc1ccccc1-c1cccc(-c2cccc(-n3c[n+](-c4c(-c5ccccc5)cccc4-c4ccccc4)c4ccccc43)c2)n1. The third-order valence-corrected chi connectivity index (χ3v) is 8.43. The summed E-state index contributed by atoms with van der Waals surface area (Å²) in [6, 6.07) is 58.0. The lowest BCUT2D eigenvalue weighted by molar-refractivity contribution is -0.566. The highest BCUT2D eigenvalue weighted by Crippen LogP contribution is 2.35. The quantitative estimate of drug-likeness (QED) is 0.195. The minimum Gasteiger partial charge on any atom is -0.507 e. The number of imidazole rings is 1. The third kappa shape index (κ3) is 4.92. The van der Waals surface area contributed by atoms with Gasteiger partial charge in [-0.1, -0.05) is 121 Å². The van der Waals surface area contributed by atoms with Crippen molar-refractivity contribution in [2.45, 2.75) is 0 Å². The van der Waals surface area contributed by atoms with Crippen LogP contribution in [0.5, 0.6) is 5.75 Å². The lowest BCUT2D eigenvalue weighted by Crippen LogP contribution is -2.30. The van der Waals surface area contributed by atoms with Crippen LogP contribution in [0.25, 0.3) is 67.2 Å². The molecular weight excluding hydrogens is 562 g/mol. The standard InChI is InChI=1S/C42H29N3O/c46-41-27-10-7-20-36(41)38-24-13-23-37(43-38)32-18-11-19-33(28-32)44-29-45(40-26-9-8-25-39(40)44)42-34(30-14-3-1-4-15-30)21-12-22-35(42)31-16-5-2-6-17-31/h1-29H/p+1. The molecule has 4 nitrogen and oxygen atoms in total. The maximum atomic E-state index is 10.5. The molecule has 0 saturated heterocycles. The summed E-state index contributed by atoms with van der Waals surface area (Å²) in [5.74, 6) is 0.218. The van der Waals surface area contributed by atoms with E-state index in [1.165, 1.54) is 0 Å². The molecule has 0 aliphatic carbocycles. The van der Waals surface area contributed by atoms with Crippen LogP contribution in [-0.2, 0) is 0 Å². The van der Waals surface area contributed by atoms with E-state index in [2.05, 4.69) is 143 Å². The van der Waals surface area contributed by atoms with Gasteiger partial charge in [0, 0.05) is 22.3 Å². The topological polar surface area (TPSA) is 41.9 Å². The van der Waals surface area contributed by atoms with E-state index in [1.807, 2.05) is 36.4 Å². The lowest BCUT2D eigenvalue weighted by Gasteiger charge is -2.13. The van der Waals surface area contributed by atoms with Crippen molar-refractivity contribution in [2.24, 2.45) is 0 Å². The molecule has 0 aliphatic rings. The number of hydrogen-bond acceptors (Lipinski definition) is 2. The molecule has 0 spiro atoms. The van der Waals surface area contributed by atoms with Crippen LogP contribution in [0, 0.1) is 0 Å². The summed E-state index contributed by atoms with van der Waals surface area (Å²) >= 11 is 0. The lowest BCUT2D eigenvalue weighted by atomic mass is 9.95. The summed E-state index contributed by atoms with van der Waals surface area (Å²) in [4.78, 5) is 4.94. The number of phenolic OH excluding ortho intramolecular Hbond substituents is 1. The Hall–Kier alpha value is -6.26. The molecule has 46 heavy (non-hydrogen) atoms. The smallest absolute Gasteiger partial charge is 0.255 e. The summed E-state index contributed by atoms with van der Waals surface area (Å²) in [6.45, 7) is 0. The highest BCUT2D eigenvalue weighted by molar-refractivity contribution is 5.85. The van der Waals surface area contributed by atoms with Gasteiger partial charge in [-0.05, 0) is 59.7 Å². The summed E-state index contributed by atoms with van der Waals surface area (Å²) in [5.41, 5.74) is 12.3. The predicted octanol–water partition coefficient (Wildman–Crippen LogP) is 9.68. The zero-order chi connectivity index (χ0) is 30.9. The molecule has 2 heterocycles. The van der Waals surface area contributed by atoms with E-state index in [-0.39, 0.29) is 5.75 Å². The van der Waals surface area contributed by atoms with Crippen LogP contribution >= 0.6 is 0 Å². The second-order valence-corrected chi connectivity index (χ2v) is 11.3. The van der Waals surface area contributed by atoms with Gasteiger partial charge in [0.05, 0.1) is 11.4 Å². The monoisotopic (exact) mass is 592 g/mol. The second kappa shape index (κ2) is 11.7. The average Bonchev–Trinajstić information content (AvgIpc) is 3.52. The van der Waals surface area contributed by atoms with E-state index in [1.54, 1.807) is 6.07 Å². The molecular formula is C42H30N3O+. The van der Waals surface area contributed by atoms with Crippen molar-refractivity contribution < 1.29 is 9.67 Å². The van der Waals surface area contributed by atoms with Crippen molar-refractivity contribution >= 4 is 11.0 Å². The maximum Gasteiger partial charge on any atom is 0.255 e. The Morgan fingerprint density at radius 1 is 0.478 bits per heavy atom. The number of hydrogen-bond donors (Lipinski definition) is 1.